The number of ether oxygens (including phenoxy) is 1. The summed E-state index contributed by atoms with van der Waals surface area (Å²) in [6, 6.07) is 21.7. The molecule has 196 valence electrons. The van der Waals surface area contributed by atoms with Gasteiger partial charge in [-0.2, -0.15) is 0 Å². The van der Waals surface area contributed by atoms with Gasteiger partial charge in [-0.1, -0.05) is 31.2 Å². The lowest BCUT2D eigenvalue weighted by atomic mass is 10.00. The summed E-state index contributed by atoms with van der Waals surface area (Å²) >= 11 is 0. The molecule has 1 saturated heterocycles. The Morgan fingerprint density at radius 2 is 1.74 bits per heavy atom. The SMILES string of the molecule is CNc1nccc(-c2cccnc2Oc2ccc(Nc3nnc(N4CCCC(C)C4)c4ccccc34)cc2)n1. The average Bonchev–Trinajstić information content (AvgIpc) is 2.98. The lowest BCUT2D eigenvalue weighted by Crippen LogP contribution is -2.35. The molecule has 0 spiro atoms. The topological polar surface area (TPSA) is 101 Å². The van der Waals surface area contributed by atoms with Gasteiger partial charge in [0.1, 0.15) is 5.75 Å². The van der Waals surface area contributed by atoms with E-state index in [1.807, 2.05) is 48.5 Å². The summed E-state index contributed by atoms with van der Waals surface area (Å²) in [5.41, 5.74) is 2.39. The van der Waals surface area contributed by atoms with E-state index < -0.39 is 0 Å². The molecular weight excluding hydrogens is 488 g/mol. The Morgan fingerprint density at radius 1 is 0.897 bits per heavy atom. The third-order valence-corrected chi connectivity index (χ3v) is 6.88. The average molecular weight is 519 g/mol. The number of pyridine rings is 1. The van der Waals surface area contributed by atoms with Crippen LogP contribution in [-0.2, 0) is 0 Å². The van der Waals surface area contributed by atoms with Crippen molar-refractivity contribution in [1.82, 2.24) is 25.1 Å². The number of hydrogen-bond donors (Lipinski definition) is 2. The molecule has 9 nitrogen and oxygen atoms in total. The fraction of sp³-hybridized carbons (Fsp3) is 0.233. The molecule has 5 aromatic rings. The standard InChI is InChI=1S/C30H30N8O/c1-20-7-6-18-38(19-20)28-24-9-4-3-8-23(24)27(36-37-28)34-21-11-13-22(14-12-21)39-29-25(10-5-16-32-29)26-15-17-33-30(31-2)35-26/h3-5,8-17,20H,6-7,18-19H2,1-2H3,(H,34,36)(H,31,33,35). The number of aromatic nitrogens is 5. The van der Waals surface area contributed by atoms with Crippen LogP contribution in [0.1, 0.15) is 19.8 Å². The highest BCUT2D eigenvalue weighted by Crippen LogP contribution is 2.34. The first-order valence-corrected chi connectivity index (χ1v) is 13.2. The quantitative estimate of drug-likeness (QED) is 0.257. The van der Waals surface area contributed by atoms with Crippen molar-refractivity contribution < 1.29 is 4.74 Å². The largest absolute Gasteiger partial charge is 0.438 e. The molecule has 3 aromatic heterocycles. The molecule has 0 radical (unpaired) electrons. The van der Waals surface area contributed by atoms with Gasteiger partial charge in [-0.15, -0.1) is 10.2 Å². The van der Waals surface area contributed by atoms with Crippen LogP contribution in [0.4, 0.5) is 23.3 Å². The molecule has 0 amide bonds. The van der Waals surface area contributed by atoms with Crippen LogP contribution in [-0.4, -0.2) is 45.3 Å². The first-order chi connectivity index (χ1) is 19.2. The summed E-state index contributed by atoms with van der Waals surface area (Å²) in [6.07, 6.45) is 5.85. The van der Waals surface area contributed by atoms with Crippen LogP contribution in [0.2, 0.25) is 0 Å². The number of fused-ring (bicyclic) bond motifs is 1. The normalized spacial score (nSPS) is 15.2. The molecule has 0 aliphatic carbocycles. The van der Waals surface area contributed by atoms with Crippen molar-refractivity contribution in [3.63, 3.8) is 0 Å². The number of hydrogen-bond acceptors (Lipinski definition) is 9. The van der Waals surface area contributed by atoms with E-state index in [2.05, 4.69) is 65.8 Å². The maximum Gasteiger partial charge on any atom is 0.228 e. The number of nitrogens with one attached hydrogen (secondary N) is 2. The number of nitrogens with zero attached hydrogens (tertiary/aromatic N) is 6. The lowest BCUT2D eigenvalue weighted by Gasteiger charge is -2.32. The van der Waals surface area contributed by atoms with Crippen LogP contribution in [0.25, 0.3) is 22.0 Å². The summed E-state index contributed by atoms with van der Waals surface area (Å²) in [6.45, 7) is 4.33. The lowest BCUT2D eigenvalue weighted by molar-refractivity contribution is 0.444. The molecule has 1 aliphatic heterocycles. The fourth-order valence-corrected chi connectivity index (χ4v) is 4.95. The highest BCUT2D eigenvalue weighted by molar-refractivity contribution is 5.99. The monoisotopic (exact) mass is 518 g/mol. The van der Waals surface area contributed by atoms with Crippen LogP contribution >= 0.6 is 0 Å². The van der Waals surface area contributed by atoms with Crippen LogP contribution < -0.4 is 20.3 Å². The smallest absolute Gasteiger partial charge is 0.228 e. The highest BCUT2D eigenvalue weighted by Gasteiger charge is 2.21. The zero-order valence-electron chi connectivity index (χ0n) is 22.0. The third kappa shape index (κ3) is 5.29. The molecule has 6 rings (SSSR count). The summed E-state index contributed by atoms with van der Waals surface area (Å²) in [5, 5.41) is 17.8. The van der Waals surface area contributed by atoms with Crippen molar-refractivity contribution in [2.24, 2.45) is 5.92 Å². The van der Waals surface area contributed by atoms with E-state index in [1.54, 1.807) is 19.4 Å². The maximum absolute atomic E-state index is 6.15. The molecule has 0 saturated carbocycles. The van der Waals surface area contributed by atoms with Gasteiger partial charge in [-0.05, 0) is 61.2 Å². The molecule has 39 heavy (non-hydrogen) atoms. The summed E-state index contributed by atoms with van der Waals surface area (Å²) < 4.78 is 6.15. The van der Waals surface area contributed by atoms with Gasteiger partial charge < -0.3 is 20.3 Å². The van der Waals surface area contributed by atoms with Crippen molar-refractivity contribution in [2.45, 2.75) is 19.8 Å². The Balaban J connectivity index is 1.22. The third-order valence-electron chi connectivity index (χ3n) is 6.88. The van der Waals surface area contributed by atoms with Crippen molar-refractivity contribution in [3.05, 3.63) is 79.1 Å². The predicted molar refractivity (Wildman–Crippen MR) is 155 cm³/mol. The van der Waals surface area contributed by atoms with E-state index in [-0.39, 0.29) is 0 Å². The van der Waals surface area contributed by atoms with Gasteiger partial charge in [0.05, 0.1) is 11.3 Å². The number of rotatable bonds is 7. The maximum atomic E-state index is 6.15. The molecule has 4 heterocycles. The molecule has 9 heteroatoms. The minimum atomic E-state index is 0.471. The first kappa shape index (κ1) is 24.5. The molecule has 1 fully saturated rings. The van der Waals surface area contributed by atoms with Crippen molar-refractivity contribution in [2.75, 3.05) is 35.7 Å². The van der Waals surface area contributed by atoms with Crippen LogP contribution in [0.3, 0.4) is 0 Å². The zero-order valence-corrected chi connectivity index (χ0v) is 22.0. The second kappa shape index (κ2) is 10.9. The van der Waals surface area contributed by atoms with Gasteiger partial charge in [0.25, 0.3) is 0 Å². The van der Waals surface area contributed by atoms with Crippen LogP contribution in [0, 0.1) is 5.92 Å². The Kier molecular flexibility index (Phi) is 6.86. The Hall–Kier alpha value is -4.79. The number of anilines is 4. The molecule has 2 aromatic carbocycles. The Labute approximate surface area is 227 Å². The highest BCUT2D eigenvalue weighted by atomic mass is 16.5. The second-order valence-corrected chi connectivity index (χ2v) is 9.73. The van der Waals surface area contributed by atoms with E-state index in [4.69, 9.17) is 4.74 Å². The molecule has 1 unspecified atom stereocenters. The van der Waals surface area contributed by atoms with Gasteiger partial charge in [-0.3, -0.25) is 0 Å². The van der Waals surface area contributed by atoms with E-state index in [1.165, 1.54) is 12.8 Å². The van der Waals surface area contributed by atoms with Crippen LogP contribution in [0.15, 0.2) is 79.1 Å². The van der Waals surface area contributed by atoms with Crippen molar-refractivity contribution in [1.29, 1.82) is 0 Å². The minimum Gasteiger partial charge on any atom is -0.438 e. The van der Waals surface area contributed by atoms with Gasteiger partial charge >= 0.3 is 0 Å². The van der Waals surface area contributed by atoms with Gasteiger partial charge in [0.2, 0.25) is 11.8 Å². The molecular formula is C30H30N8O. The fourth-order valence-electron chi connectivity index (χ4n) is 4.95. The Morgan fingerprint density at radius 3 is 2.56 bits per heavy atom. The first-order valence-electron chi connectivity index (χ1n) is 13.2. The van der Waals surface area contributed by atoms with Crippen molar-refractivity contribution >= 4 is 34.0 Å². The second-order valence-electron chi connectivity index (χ2n) is 9.73. The minimum absolute atomic E-state index is 0.471. The number of piperidine rings is 1. The van der Waals surface area contributed by atoms with Crippen LogP contribution in [0.5, 0.6) is 11.6 Å². The molecule has 2 N–H and O–H groups in total. The van der Waals surface area contributed by atoms with Gasteiger partial charge in [-0.25, -0.2) is 15.0 Å². The van der Waals surface area contributed by atoms with Crippen molar-refractivity contribution in [3.8, 4) is 22.9 Å². The zero-order chi connectivity index (χ0) is 26.6. The summed E-state index contributed by atoms with van der Waals surface area (Å²) in [7, 11) is 1.78. The van der Waals surface area contributed by atoms with E-state index >= 15 is 0 Å². The summed E-state index contributed by atoms with van der Waals surface area (Å²) in [4.78, 5) is 15.5. The van der Waals surface area contributed by atoms with E-state index in [9.17, 15) is 0 Å². The van der Waals surface area contributed by atoms with Gasteiger partial charge in [0, 0.05) is 49.0 Å². The predicted octanol–water partition coefficient (Wildman–Crippen LogP) is 6.30. The molecule has 0 bridgehead atoms. The van der Waals surface area contributed by atoms with E-state index in [0.29, 0.717) is 23.5 Å². The van der Waals surface area contributed by atoms with Gasteiger partial charge in [0.15, 0.2) is 11.6 Å². The van der Waals surface area contributed by atoms with E-state index in [0.717, 1.165) is 52.4 Å². The Bertz CT molecular complexity index is 1590. The summed E-state index contributed by atoms with van der Waals surface area (Å²) in [5.74, 6) is 4.01. The molecule has 1 aliphatic rings. The molecule has 1 atom stereocenters. The number of benzene rings is 2.